The molecule has 1 aromatic rings. The summed E-state index contributed by atoms with van der Waals surface area (Å²) in [5, 5.41) is 5.89. The molecule has 1 aliphatic rings. The predicted molar refractivity (Wildman–Crippen MR) is 71.6 cm³/mol. The molecule has 2 N–H and O–H groups in total. The van der Waals surface area contributed by atoms with Gasteiger partial charge in [-0.25, -0.2) is 4.39 Å². The highest BCUT2D eigenvalue weighted by molar-refractivity contribution is 5.81. The van der Waals surface area contributed by atoms with Gasteiger partial charge in [0, 0.05) is 32.3 Å². The number of methoxy groups -OCH3 is 1. The Balaban J connectivity index is 1.89. The van der Waals surface area contributed by atoms with Crippen LogP contribution in [-0.4, -0.2) is 38.8 Å². The van der Waals surface area contributed by atoms with E-state index in [0.29, 0.717) is 25.3 Å². The van der Waals surface area contributed by atoms with E-state index in [0.717, 1.165) is 12.1 Å². The van der Waals surface area contributed by atoms with Gasteiger partial charge in [0.05, 0.1) is 13.2 Å². The minimum Gasteiger partial charge on any atom is -0.380 e. The molecule has 1 atom stereocenters. The van der Waals surface area contributed by atoms with Crippen LogP contribution in [0.2, 0.25) is 0 Å². The largest absolute Gasteiger partial charge is 0.380 e. The van der Waals surface area contributed by atoms with Gasteiger partial charge in [-0.1, -0.05) is 6.07 Å². The van der Waals surface area contributed by atoms with Crippen LogP contribution in [0.25, 0.3) is 0 Å². The van der Waals surface area contributed by atoms with E-state index in [-0.39, 0.29) is 18.3 Å². The number of nitrogens with one attached hydrogen (secondary N) is 2. The third kappa shape index (κ3) is 4.00. The van der Waals surface area contributed by atoms with E-state index in [1.165, 1.54) is 13.2 Å². The van der Waals surface area contributed by atoms with Crippen LogP contribution < -0.4 is 10.6 Å². The van der Waals surface area contributed by atoms with Gasteiger partial charge in [0.25, 0.3) is 5.91 Å². The minimum atomic E-state index is -0.456. The second-order valence-corrected chi connectivity index (χ2v) is 4.64. The quantitative estimate of drug-likeness (QED) is 0.829. The molecule has 0 radical (unpaired) electrons. The van der Waals surface area contributed by atoms with Crippen LogP contribution in [0.15, 0.2) is 18.2 Å². The van der Waals surface area contributed by atoms with Gasteiger partial charge in [0.2, 0.25) is 0 Å². The summed E-state index contributed by atoms with van der Waals surface area (Å²) in [4.78, 5) is 11.9. The van der Waals surface area contributed by atoms with E-state index in [1.807, 2.05) is 0 Å². The van der Waals surface area contributed by atoms with E-state index in [2.05, 4.69) is 10.6 Å². The fourth-order valence-electron chi connectivity index (χ4n) is 2.04. The second-order valence-electron chi connectivity index (χ2n) is 4.64. The summed E-state index contributed by atoms with van der Waals surface area (Å²) in [6, 6.07) is 4.72. The number of hydrogen-bond acceptors (Lipinski definition) is 4. The smallest absolute Gasteiger partial charge is 0.250 e. The van der Waals surface area contributed by atoms with Gasteiger partial charge in [-0.05, 0) is 17.7 Å². The lowest BCUT2D eigenvalue weighted by Crippen LogP contribution is -2.47. The maximum Gasteiger partial charge on any atom is 0.250 e. The molecule has 1 aromatic carbocycles. The van der Waals surface area contributed by atoms with E-state index in [1.54, 1.807) is 12.1 Å². The van der Waals surface area contributed by atoms with Gasteiger partial charge in [0.15, 0.2) is 0 Å². The molecule has 0 aliphatic carbocycles. The SMILES string of the molecule is COCc1cc(CNC(=O)[C@@H]2CNCCO2)ccc1F. The molecule has 2 rings (SSSR count). The Kier molecular flexibility index (Phi) is 5.46. The number of halogens is 1. The molecule has 1 heterocycles. The number of carbonyl (C=O) groups is 1. The zero-order valence-electron chi connectivity index (χ0n) is 11.4. The Bertz CT molecular complexity index is 462. The third-order valence-electron chi connectivity index (χ3n) is 3.10. The molecule has 1 saturated heterocycles. The fraction of sp³-hybridized carbons (Fsp3) is 0.500. The Morgan fingerprint density at radius 3 is 3.15 bits per heavy atom. The van der Waals surface area contributed by atoms with Crippen molar-refractivity contribution in [3.05, 3.63) is 35.1 Å². The third-order valence-corrected chi connectivity index (χ3v) is 3.10. The van der Waals surface area contributed by atoms with Crippen molar-refractivity contribution in [2.45, 2.75) is 19.3 Å². The van der Waals surface area contributed by atoms with Crippen LogP contribution in [0.3, 0.4) is 0 Å². The zero-order valence-corrected chi connectivity index (χ0v) is 11.4. The van der Waals surface area contributed by atoms with Gasteiger partial charge in [-0.2, -0.15) is 0 Å². The van der Waals surface area contributed by atoms with E-state index >= 15 is 0 Å². The normalized spacial score (nSPS) is 18.8. The Morgan fingerprint density at radius 1 is 1.60 bits per heavy atom. The van der Waals surface area contributed by atoms with E-state index in [9.17, 15) is 9.18 Å². The lowest BCUT2D eigenvalue weighted by molar-refractivity contribution is -0.134. The molecule has 0 aromatic heterocycles. The number of benzene rings is 1. The summed E-state index contributed by atoms with van der Waals surface area (Å²) in [5.41, 5.74) is 1.31. The number of amides is 1. The standard InChI is InChI=1S/C14H19FN2O3/c1-19-9-11-6-10(2-3-12(11)15)7-17-14(18)13-8-16-4-5-20-13/h2-3,6,13,16H,4-5,7-9H2,1H3,(H,17,18)/t13-/m0/s1. The first kappa shape index (κ1) is 14.9. The fourth-order valence-corrected chi connectivity index (χ4v) is 2.04. The number of ether oxygens (including phenoxy) is 2. The van der Waals surface area contributed by atoms with Crippen molar-refractivity contribution in [2.24, 2.45) is 0 Å². The molecule has 110 valence electrons. The van der Waals surface area contributed by atoms with Crippen molar-refractivity contribution >= 4 is 5.91 Å². The number of carbonyl (C=O) groups excluding carboxylic acids is 1. The van der Waals surface area contributed by atoms with Crippen molar-refractivity contribution in [3.63, 3.8) is 0 Å². The van der Waals surface area contributed by atoms with Crippen LogP contribution in [0.1, 0.15) is 11.1 Å². The van der Waals surface area contributed by atoms with Gasteiger partial charge in [0.1, 0.15) is 11.9 Å². The highest BCUT2D eigenvalue weighted by atomic mass is 19.1. The minimum absolute atomic E-state index is 0.158. The molecule has 1 amide bonds. The first-order chi connectivity index (χ1) is 9.70. The highest BCUT2D eigenvalue weighted by Gasteiger charge is 2.21. The molecule has 0 saturated carbocycles. The summed E-state index contributed by atoms with van der Waals surface area (Å²) in [6.45, 7) is 2.37. The highest BCUT2D eigenvalue weighted by Crippen LogP contribution is 2.11. The topological polar surface area (TPSA) is 59.6 Å². The second kappa shape index (κ2) is 7.33. The lowest BCUT2D eigenvalue weighted by Gasteiger charge is -2.22. The number of hydrogen-bond donors (Lipinski definition) is 2. The average molecular weight is 282 g/mol. The van der Waals surface area contributed by atoms with Gasteiger partial charge in [-0.15, -0.1) is 0 Å². The molecule has 1 aliphatic heterocycles. The van der Waals surface area contributed by atoms with Gasteiger partial charge in [-0.3, -0.25) is 4.79 Å². The summed E-state index contributed by atoms with van der Waals surface area (Å²) in [6.07, 6.45) is -0.456. The van der Waals surface area contributed by atoms with Crippen LogP contribution in [0.4, 0.5) is 4.39 Å². The monoisotopic (exact) mass is 282 g/mol. The van der Waals surface area contributed by atoms with E-state index < -0.39 is 6.10 Å². The molecule has 0 spiro atoms. The Morgan fingerprint density at radius 2 is 2.45 bits per heavy atom. The van der Waals surface area contributed by atoms with Crippen molar-refractivity contribution in [3.8, 4) is 0 Å². The maximum atomic E-state index is 13.5. The van der Waals surface area contributed by atoms with Crippen molar-refractivity contribution in [1.29, 1.82) is 0 Å². The van der Waals surface area contributed by atoms with Crippen LogP contribution in [0.5, 0.6) is 0 Å². The maximum absolute atomic E-state index is 13.5. The average Bonchev–Trinajstić information content (AvgIpc) is 2.49. The Labute approximate surface area is 117 Å². The summed E-state index contributed by atoms with van der Waals surface area (Å²) in [5.74, 6) is -0.462. The molecule has 5 nitrogen and oxygen atoms in total. The van der Waals surface area contributed by atoms with Crippen LogP contribution >= 0.6 is 0 Å². The summed E-state index contributed by atoms with van der Waals surface area (Å²) >= 11 is 0. The zero-order chi connectivity index (χ0) is 14.4. The lowest BCUT2D eigenvalue weighted by atomic mass is 10.1. The van der Waals surface area contributed by atoms with Crippen molar-refractivity contribution < 1.29 is 18.7 Å². The molecule has 20 heavy (non-hydrogen) atoms. The molecular weight excluding hydrogens is 263 g/mol. The molecule has 0 bridgehead atoms. The molecule has 1 fully saturated rings. The molecule has 0 unspecified atom stereocenters. The molecular formula is C14H19FN2O3. The first-order valence-corrected chi connectivity index (χ1v) is 6.57. The summed E-state index contributed by atoms with van der Waals surface area (Å²) in [7, 11) is 1.52. The van der Waals surface area contributed by atoms with Crippen LogP contribution in [0, 0.1) is 5.82 Å². The van der Waals surface area contributed by atoms with Gasteiger partial charge < -0.3 is 20.1 Å². The van der Waals surface area contributed by atoms with Crippen molar-refractivity contribution in [1.82, 2.24) is 10.6 Å². The number of morpholine rings is 1. The Hall–Kier alpha value is -1.50. The van der Waals surface area contributed by atoms with Gasteiger partial charge >= 0.3 is 0 Å². The predicted octanol–water partition coefficient (Wildman–Crippen LogP) is 0.577. The summed E-state index contributed by atoms with van der Waals surface area (Å²) < 4.78 is 23.7. The number of rotatable bonds is 5. The first-order valence-electron chi connectivity index (χ1n) is 6.57. The van der Waals surface area contributed by atoms with Crippen LogP contribution in [-0.2, 0) is 27.4 Å². The van der Waals surface area contributed by atoms with E-state index in [4.69, 9.17) is 9.47 Å². The van der Waals surface area contributed by atoms with Crippen molar-refractivity contribution in [2.75, 3.05) is 26.8 Å². The molecule has 6 heteroatoms.